The van der Waals surface area contributed by atoms with Crippen LogP contribution in [0.1, 0.15) is 22.3 Å². The maximum absolute atomic E-state index is 12.1. The average Bonchev–Trinajstić information content (AvgIpc) is 2.48. The highest BCUT2D eigenvalue weighted by molar-refractivity contribution is 14.1. The first-order valence-corrected chi connectivity index (χ1v) is 9.67. The Morgan fingerprint density at radius 3 is 2.48 bits per heavy atom. The van der Waals surface area contributed by atoms with Gasteiger partial charge in [-0.2, -0.15) is 0 Å². The third kappa shape index (κ3) is 5.34. The van der Waals surface area contributed by atoms with Crippen LogP contribution in [0.4, 0.5) is 0 Å². The van der Waals surface area contributed by atoms with Gasteiger partial charge in [-0.25, -0.2) is 4.79 Å². The van der Waals surface area contributed by atoms with Crippen molar-refractivity contribution in [3.63, 3.8) is 0 Å². The van der Waals surface area contributed by atoms with E-state index in [-0.39, 0.29) is 5.97 Å². The van der Waals surface area contributed by atoms with E-state index in [1.165, 1.54) is 5.56 Å². The zero-order chi connectivity index (χ0) is 15.2. The molecule has 0 aliphatic heterocycles. The Morgan fingerprint density at radius 1 is 1.05 bits per heavy atom. The summed E-state index contributed by atoms with van der Waals surface area (Å²) in [6, 6.07) is 14.2. The third-order valence-electron chi connectivity index (χ3n) is 2.90. The second-order valence-corrected chi connectivity index (χ2v) is 7.96. The summed E-state index contributed by atoms with van der Waals surface area (Å²) in [4.78, 5) is 12.1. The van der Waals surface area contributed by atoms with Gasteiger partial charge in [-0.15, -0.1) is 0 Å². The highest BCUT2D eigenvalue weighted by Crippen LogP contribution is 2.23. The third-order valence-corrected chi connectivity index (χ3v) is 6.57. The van der Waals surface area contributed by atoms with Crippen LogP contribution < -0.4 is 0 Å². The van der Waals surface area contributed by atoms with Gasteiger partial charge < -0.3 is 4.74 Å². The number of carbonyl (C=O) groups is 1. The zero-order valence-corrected chi connectivity index (χ0v) is 17.6. The second kappa shape index (κ2) is 8.66. The molecule has 0 heterocycles. The highest BCUT2D eigenvalue weighted by atomic mass is 127. The van der Waals surface area contributed by atoms with E-state index in [0.717, 1.165) is 23.6 Å². The van der Waals surface area contributed by atoms with Crippen molar-refractivity contribution in [3.8, 4) is 0 Å². The summed E-state index contributed by atoms with van der Waals surface area (Å²) in [7, 11) is 0. The van der Waals surface area contributed by atoms with Gasteiger partial charge in [0.1, 0.15) is 0 Å². The van der Waals surface area contributed by atoms with Crippen molar-refractivity contribution >= 4 is 73.7 Å². The fourth-order valence-corrected chi connectivity index (χ4v) is 4.24. The number of rotatable bonds is 5. The van der Waals surface area contributed by atoms with Crippen LogP contribution in [-0.2, 0) is 11.2 Å². The number of aryl methyl sites for hydroxylation is 1. The van der Waals surface area contributed by atoms with Crippen LogP contribution in [0.15, 0.2) is 42.5 Å². The minimum atomic E-state index is -0.233. The van der Waals surface area contributed by atoms with Gasteiger partial charge in [-0.05, 0) is 98.3 Å². The second-order valence-electron chi connectivity index (χ2n) is 4.47. The van der Waals surface area contributed by atoms with Gasteiger partial charge >= 0.3 is 5.97 Å². The molecule has 2 rings (SSSR count). The molecule has 0 saturated carbocycles. The van der Waals surface area contributed by atoms with Gasteiger partial charge in [0.2, 0.25) is 0 Å². The van der Waals surface area contributed by atoms with Gasteiger partial charge in [0, 0.05) is 10.7 Å². The molecular formula is C16H13I3O2. The van der Waals surface area contributed by atoms with E-state index in [9.17, 15) is 4.79 Å². The summed E-state index contributed by atoms with van der Waals surface area (Å²) in [6.45, 7) is 0.450. The van der Waals surface area contributed by atoms with E-state index >= 15 is 0 Å². The Hall–Kier alpha value is 0.100. The number of carbonyl (C=O) groups excluding carboxylic acids is 1. The number of hydrogen-bond acceptors (Lipinski definition) is 2. The molecule has 0 aliphatic carbocycles. The first kappa shape index (κ1) is 17.5. The highest BCUT2D eigenvalue weighted by Gasteiger charge is 2.14. The van der Waals surface area contributed by atoms with Gasteiger partial charge in [-0.1, -0.05) is 30.3 Å². The molecule has 21 heavy (non-hydrogen) atoms. The molecule has 0 fully saturated rings. The molecule has 0 aliphatic rings. The summed E-state index contributed by atoms with van der Waals surface area (Å²) in [6.07, 6.45) is 1.77. The van der Waals surface area contributed by atoms with E-state index < -0.39 is 0 Å². The Morgan fingerprint density at radius 2 is 1.76 bits per heavy atom. The van der Waals surface area contributed by atoms with E-state index in [1.807, 2.05) is 24.3 Å². The molecule has 0 bridgehead atoms. The molecule has 0 amide bonds. The predicted molar refractivity (Wildman–Crippen MR) is 110 cm³/mol. The first-order valence-electron chi connectivity index (χ1n) is 6.43. The minimum absolute atomic E-state index is 0.233. The molecule has 0 saturated heterocycles. The molecule has 2 aromatic rings. The van der Waals surface area contributed by atoms with Crippen LogP contribution in [0.5, 0.6) is 0 Å². The lowest BCUT2D eigenvalue weighted by molar-refractivity contribution is 0.0499. The Labute approximate surface area is 165 Å². The van der Waals surface area contributed by atoms with Crippen LogP contribution in [0.25, 0.3) is 0 Å². The largest absolute Gasteiger partial charge is 0.462 e. The standard InChI is InChI=1S/C16H13I3O2/c17-12-9-13(15(19)14(18)10-12)16(20)21-8-4-7-11-5-2-1-3-6-11/h1-3,5-6,9-10H,4,7-8H2. The van der Waals surface area contributed by atoms with Gasteiger partial charge in [0.05, 0.1) is 12.2 Å². The number of esters is 1. The summed E-state index contributed by atoms with van der Waals surface area (Å²) >= 11 is 6.66. The SMILES string of the molecule is O=C(OCCCc1ccccc1)c1cc(I)cc(I)c1I. The molecule has 0 N–H and O–H groups in total. The number of hydrogen-bond donors (Lipinski definition) is 0. The number of halogens is 3. The van der Waals surface area contributed by atoms with Gasteiger partial charge in [0.25, 0.3) is 0 Å². The monoisotopic (exact) mass is 618 g/mol. The Kier molecular flexibility index (Phi) is 7.20. The van der Waals surface area contributed by atoms with Crippen molar-refractivity contribution in [1.82, 2.24) is 0 Å². The lowest BCUT2D eigenvalue weighted by Crippen LogP contribution is -2.10. The first-order chi connectivity index (χ1) is 10.1. The lowest BCUT2D eigenvalue weighted by atomic mass is 10.1. The summed E-state index contributed by atoms with van der Waals surface area (Å²) in [5.74, 6) is -0.233. The summed E-state index contributed by atoms with van der Waals surface area (Å²) < 4.78 is 8.48. The number of ether oxygens (including phenoxy) is 1. The molecule has 0 unspecified atom stereocenters. The van der Waals surface area contributed by atoms with Gasteiger partial charge in [0.15, 0.2) is 0 Å². The van der Waals surface area contributed by atoms with E-state index in [1.54, 1.807) is 0 Å². The van der Waals surface area contributed by atoms with E-state index in [2.05, 4.69) is 86.0 Å². The Balaban J connectivity index is 1.88. The van der Waals surface area contributed by atoms with Crippen LogP contribution >= 0.6 is 67.8 Å². The molecule has 0 radical (unpaired) electrons. The normalized spacial score (nSPS) is 10.4. The molecule has 2 aromatic carbocycles. The zero-order valence-electron chi connectivity index (χ0n) is 11.1. The van der Waals surface area contributed by atoms with Crippen molar-refractivity contribution in [2.45, 2.75) is 12.8 Å². The maximum atomic E-state index is 12.1. The van der Waals surface area contributed by atoms with Crippen molar-refractivity contribution in [3.05, 3.63) is 64.3 Å². The van der Waals surface area contributed by atoms with Crippen molar-refractivity contribution in [2.75, 3.05) is 6.61 Å². The van der Waals surface area contributed by atoms with Crippen molar-refractivity contribution in [2.24, 2.45) is 0 Å². The fourth-order valence-electron chi connectivity index (χ4n) is 1.87. The molecule has 0 atom stereocenters. The average molecular weight is 618 g/mol. The molecular weight excluding hydrogens is 605 g/mol. The molecule has 110 valence electrons. The Bertz CT molecular complexity index is 627. The van der Waals surface area contributed by atoms with Crippen molar-refractivity contribution < 1.29 is 9.53 Å². The quantitative estimate of drug-likeness (QED) is 0.197. The van der Waals surface area contributed by atoms with Gasteiger partial charge in [-0.3, -0.25) is 0 Å². The number of benzene rings is 2. The maximum Gasteiger partial charge on any atom is 0.339 e. The summed E-state index contributed by atoms with van der Waals surface area (Å²) in [5, 5.41) is 0. The molecule has 5 heteroatoms. The molecule has 0 aromatic heterocycles. The lowest BCUT2D eigenvalue weighted by Gasteiger charge is -2.08. The van der Waals surface area contributed by atoms with Crippen LogP contribution in [0, 0.1) is 10.7 Å². The predicted octanol–water partition coefficient (Wildman–Crippen LogP) is 5.29. The van der Waals surface area contributed by atoms with E-state index in [0.29, 0.717) is 12.2 Å². The minimum Gasteiger partial charge on any atom is -0.462 e. The molecule has 0 spiro atoms. The van der Waals surface area contributed by atoms with Crippen molar-refractivity contribution in [1.29, 1.82) is 0 Å². The smallest absolute Gasteiger partial charge is 0.339 e. The summed E-state index contributed by atoms with van der Waals surface area (Å²) in [5.41, 5.74) is 1.93. The fraction of sp³-hybridized carbons (Fsp3) is 0.188. The van der Waals surface area contributed by atoms with Crippen LogP contribution in [-0.4, -0.2) is 12.6 Å². The van der Waals surface area contributed by atoms with Crippen LogP contribution in [0.2, 0.25) is 0 Å². The van der Waals surface area contributed by atoms with E-state index in [4.69, 9.17) is 4.74 Å². The van der Waals surface area contributed by atoms with Crippen LogP contribution in [0.3, 0.4) is 0 Å². The molecule has 2 nitrogen and oxygen atoms in total. The topological polar surface area (TPSA) is 26.3 Å².